The van der Waals surface area contributed by atoms with Crippen molar-refractivity contribution in [2.24, 2.45) is 0 Å². The summed E-state index contributed by atoms with van der Waals surface area (Å²) in [7, 11) is 1.79. The van der Waals surface area contributed by atoms with Crippen LogP contribution in [0.3, 0.4) is 0 Å². The minimum absolute atomic E-state index is 0.0137. The Morgan fingerprint density at radius 2 is 1.67 bits per heavy atom. The molecule has 3 rings (SSSR count). The Morgan fingerprint density at radius 1 is 1.03 bits per heavy atom. The number of hydrogen-bond donors (Lipinski definition) is 1. The van der Waals surface area contributed by atoms with Gasteiger partial charge in [-0.3, -0.25) is 9.59 Å². The van der Waals surface area contributed by atoms with Crippen molar-refractivity contribution >= 4 is 11.8 Å². The average Bonchev–Trinajstić information content (AvgIpc) is 3.05. The molecule has 156 valence electrons. The normalized spacial score (nSPS) is 10.9. The number of rotatable bonds is 6. The molecule has 30 heavy (non-hydrogen) atoms. The summed E-state index contributed by atoms with van der Waals surface area (Å²) in [5.41, 5.74) is 4.56. The van der Waals surface area contributed by atoms with Crippen LogP contribution in [0.5, 0.6) is 0 Å². The van der Waals surface area contributed by atoms with Crippen molar-refractivity contribution in [1.82, 2.24) is 20.0 Å². The third-order valence-corrected chi connectivity index (χ3v) is 5.27. The van der Waals surface area contributed by atoms with E-state index in [0.717, 1.165) is 16.9 Å². The van der Waals surface area contributed by atoms with Crippen LogP contribution in [0.1, 0.15) is 51.5 Å². The Kier molecular flexibility index (Phi) is 6.35. The third kappa shape index (κ3) is 4.43. The van der Waals surface area contributed by atoms with Crippen LogP contribution in [0.2, 0.25) is 0 Å². The Bertz CT molecular complexity index is 1040. The predicted octanol–water partition coefficient (Wildman–Crippen LogP) is 3.90. The average molecular weight is 405 g/mol. The maximum atomic E-state index is 12.8. The molecule has 0 atom stereocenters. The van der Waals surface area contributed by atoms with Crippen LogP contribution in [0.25, 0.3) is 5.69 Å². The summed E-state index contributed by atoms with van der Waals surface area (Å²) in [5.74, 6) is -0.174. The first-order chi connectivity index (χ1) is 14.3. The summed E-state index contributed by atoms with van der Waals surface area (Å²) in [4.78, 5) is 26.9. The second-order valence-electron chi connectivity index (χ2n) is 7.68. The summed E-state index contributed by atoms with van der Waals surface area (Å²) in [5, 5.41) is 7.50. The zero-order valence-electron chi connectivity index (χ0n) is 18.1. The largest absolute Gasteiger partial charge is 0.348 e. The van der Waals surface area contributed by atoms with Gasteiger partial charge in [0.2, 0.25) is 0 Å². The highest BCUT2D eigenvalue weighted by Crippen LogP contribution is 2.18. The number of nitrogens with one attached hydrogen (secondary N) is 1. The van der Waals surface area contributed by atoms with E-state index in [2.05, 4.69) is 10.4 Å². The Morgan fingerprint density at radius 3 is 2.27 bits per heavy atom. The van der Waals surface area contributed by atoms with E-state index in [1.54, 1.807) is 28.8 Å². The van der Waals surface area contributed by atoms with Gasteiger partial charge in [0.15, 0.2) is 0 Å². The molecule has 0 spiro atoms. The highest BCUT2D eigenvalue weighted by Gasteiger charge is 2.19. The highest BCUT2D eigenvalue weighted by atomic mass is 16.2. The molecule has 1 N–H and O–H groups in total. The van der Waals surface area contributed by atoms with Crippen LogP contribution in [0.15, 0.2) is 54.6 Å². The molecule has 1 heterocycles. The van der Waals surface area contributed by atoms with Gasteiger partial charge in [-0.1, -0.05) is 30.3 Å². The van der Waals surface area contributed by atoms with Crippen molar-refractivity contribution in [3.05, 3.63) is 82.7 Å². The Hall–Kier alpha value is -3.41. The molecule has 0 saturated heterocycles. The monoisotopic (exact) mass is 404 g/mol. The van der Waals surface area contributed by atoms with Gasteiger partial charge < -0.3 is 10.2 Å². The molecule has 0 fully saturated rings. The Balaban J connectivity index is 1.69. The molecule has 1 aromatic heterocycles. The van der Waals surface area contributed by atoms with E-state index >= 15 is 0 Å². The molecule has 2 amide bonds. The first kappa shape index (κ1) is 21.3. The van der Waals surface area contributed by atoms with E-state index in [0.29, 0.717) is 23.4 Å². The smallest absolute Gasteiger partial charge is 0.255 e. The molecule has 0 unspecified atom stereocenters. The van der Waals surface area contributed by atoms with E-state index in [9.17, 15) is 9.59 Å². The first-order valence-corrected chi connectivity index (χ1v) is 10.1. The number of amides is 2. The number of carbonyl (C=O) groups is 2. The summed E-state index contributed by atoms with van der Waals surface area (Å²) in [6, 6.07) is 17.2. The van der Waals surface area contributed by atoms with Crippen LogP contribution in [-0.2, 0) is 6.54 Å². The van der Waals surface area contributed by atoms with Crippen LogP contribution in [0.4, 0.5) is 0 Å². The molecular weight excluding hydrogens is 376 g/mol. The molecular formula is C24H28N4O2. The summed E-state index contributed by atoms with van der Waals surface area (Å²) in [6.07, 6.45) is 0. The lowest BCUT2D eigenvalue weighted by atomic mass is 10.1. The Labute approximate surface area is 177 Å². The van der Waals surface area contributed by atoms with Gasteiger partial charge in [-0.2, -0.15) is 5.10 Å². The number of para-hydroxylation sites is 1. The fourth-order valence-electron chi connectivity index (χ4n) is 3.27. The summed E-state index contributed by atoms with van der Waals surface area (Å²) < 4.78 is 1.79. The van der Waals surface area contributed by atoms with Gasteiger partial charge in [0, 0.05) is 25.2 Å². The lowest BCUT2D eigenvalue weighted by Crippen LogP contribution is -2.32. The quantitative estimate of drug-likeness (QED) is 0.678. The van der Waals surface area contributed by atoms with Crippen LogP contribution in [-0.4, -0.2) is 39.6 Å². The minimum Gasteiger partial charge on any atom is -0.348 e. The van der Waals surface area contributed by atoms with Gasteiger partial charge in [-0.25, -0.2) is 4.68 Å². The fourth-order valence-corrected chi connectivity index (χ4v) is 3.27. The van der Waals surface area contributed by atoms with Gasteiger partial charge in [0.1, 0.15) is 0 Å². The minimum atomic E-state index is -0.160. The van der Waals surface area contributed by atoms with E-state index in [1.807, 2.05) is 70.2 Å². The molecule has 0 aliphatic heterocycles. The van der Waals surface area contributed by atoms with Crippen molar-refractivity contribution in [1.29, 1.82) is 0 Å². The van der Waals surface area contributed by atoms with E-state index in [1.165, 1.54) is 0 Å². The lowest BCUT2D eigenvalue weighted by molar-refractivity contribution is 0.0754. The number of hydrogen-bond acceptors (Lipinski definition) is 3. The molecule has 0 aliphatic carbocycles. The molecule has 0 bridgehead atoms. The van der Waals surface area contributed by atoms with Gasteiger partial charge in [0.25, 0.3) is 11.8 Å². The standard InChI is InChI=1S/C24H28N4O2/c1-16(2)27(5)24(30)20-13-11-19(12-14-20)15-25-23(29)22-17(3)26-28(18(22)4)21-9-7-6-8-10-21/h6-14,16H,15H2,1-5H3,(H,25,29). The van der Waals surface area contributed by atoms with Gasteiger partial charge in [0.05, 0.1) is 22.6 Å². The number of aromatic nitrogens is 2. The van der Waals surface area contributed by atoms with E-state index in [-0.39, 0.29) is 17.9 Å². The second kappa shape index (κ2) is 8.95. The number of benzene rings is 2. The van der Waals surface area contributed by atoms with Gasteiger partial charge in [-0.05, 0) is 57.5 Å². The maximum Gasteiger partial charge on any atom is 0.255 e. The SMILES string of the molecule is Cc1nn(-c2ccccc2)c(C)c1C(=O)NCc1ccc(C(=O)N(C)C(C)C)cc1. The van der Waals surface area contributed by atoms with Crippen molar-refractivity contribution in [3.63, 3.8) is 0 Å². The molecule has 0 aliphatic rings. The highest BCUT2D eigenvalue weighted by molar-refractivity contribution is 5.96. The molecule has 0 saturated carbocycles. The van der Waals surface area contributed by atoms with Crippen LogP contribution in [0, 0.1) is 13.8 Å². The predicted molar refractivity (Wildman–Crippen MR) is 118 cm³/mol. The fraction of sp³-hybridized carbons (Fsp3) is 0.292. The first-order valence-electron chi connectivity index (χ1n) is 10.1. The van der Waals surface area contributed by atoms with Gasteiger partial charge >= 0.3 is 0 Å². The van der Waals surface area contributed by atoms with Crippen molar-refractivity contribution < 1.29 is 9.59 Å². The van der Waals surface area contributed by atoms with E-state index in [4.69, 9.17) is 0 Å². The van der Waals surface area contributed by atoms with E-state index < -0.39 is 0 Å². The summed E-state index contributed by atoms with van der Waals surface area (Å²) in [6.45, 7) is 8.07. The topological polar surface area (TPSA) is 67.2 Å². The molecule has 2 aromatic carbocycles. The van der Waals surface area contributed by atoms with Crippen molar-refractivity contribution in [2.45, 2.75) is 40.3 Å². The van der Waals surface area contributed by atoms with Crippen LogP contribution >= 0.6 is 0 Å². The zero-order valence-corrected chi connectivity index (χ0v) is 18.1. The third-order valence-electron chi connectivity index (χ3n) is 5.27. The molecule has 6 heteroatoms. The number of aryl methyl sites for hydroxylation is 1. The molecule has 6 nitrogen and oxygen atoms in total. The van der Waals surface area contributed by atoms with Gasteiger partial charge in [-0.15, -0.1) is 0 Å². The maximum absolute atomic E-state index is 12.8. The van der Waals surface area contributed by atoms with Crippen LogP contribution < -0.4 is 5.32 Å². The molecule has 0 radical (unpaired) electrons. The molecule has 3 aromatic rings. The number of carbonyl (C=O) groups excluding carboxylic acids is 2. The zero-order chi connectivity index (χ0) is 21.8. The van der Waals surface area contributed by atoms with Crippen molar-refractivity contribution in [2.75, 3.05) is 7.05 Å². The lowest BCUT2D eigenvalue weighted by Gasteiger charge is -2.21. The summed E-state index contributed by atoms with van der Waals surface area (Å²) >= 11 is 0. The van der Waals surface area contributed by atoms with Crippen molar-refractivity contribution in [3.8, 4) is 5.69 Å². The second-order valence-corrected chi connectivity index (χ2v) is 7.68. The number of nitrogens with zero attached hydrogens (tertiary/aromatic N) is 3.